The van der Waals surface area contributed by atoms with Gasteiger partial charge in [0, 0.05) is 31.3 Å². The average Bonchev–Trinajstić information content (AvgIpc) is 2.77. The molecule has 0 unspecified atom stereocenters. The van der Waals surface area contributed by atoms with E-state index in [9.17, 15) is 4.79 Å². The van der Waals surface area contributed by atoms with Crippen LogP contribution in [0, 0.1) is 0 Å². The average molecular weight is 248 g/mol. The minimum Gasteiger partial charge on any atom is -0.451 e. The van der Waals surface area contributed by atoms with Crippen LogP contribution in [0.5, 0.6) is 0 Å². The van der Waals surface area contributed by atoms with Gasteiger partial charge in [0.1, 0.15) is 5.58 Å². The van der Waals surface area contributed by atoms with Gasteiger partial charge in [0.05, 0.1) is 0 Å². The third kappa shape index (κ3) is 2.81. The summed E-state index contributed by atoms with van der Waals surface area (Å²) in [5.74, 6) is 0.0777. The van der Waals surface area contributed by atoms with Crippen LogP contribution in [0.3, 0.4) is 0 Å². The largest absolute Gasteiger partial charge is 0.451 e. The van der Waals surface area contributed by atoms with Crippen molar-refractivity contribution in [2.75, 3.05) is 26.0 Å². The van der Waals surface area contributed by atoms with Crippen LogP contribution in [0.2, 0.25) is 0 Å². The number of benzene rings is 1. The zero-order chi connectivity index (χ0) is 13.0. The fourth-order valence-corrected chi connectivity index (χ4v) is 1.68. The Bertz CT molecular complexity index is 548. The third-order valence-corrected chi connectivity index (χ3v) is 2.57. The van der Waals surface area contributed by atoms with Crippen LogP contribution in [0.15, 0.2) is 28.7 Å². The lowest BCUT2D eigenvalue weighted by atomic mass is 10.2. The molecule has 96 valence electrons. The van der Waals surface area contributed by atoms with E-state index >= 15 is 0 Å². The highest BCUT2D eigenvalue weighted by Gasteiger charge is 2.11. The van der Waals surface area contributed by atoms with Gasteiger partial charge >= 0.3 is 0 Å². The lowest BCUT2D eigenvalue weighted by molar-refractivity contribution is 0.0923. The maximum Gasteiger partial charge on any atom is 0.287 e. The Morgan fingerprint density at radius 3 is 3.06 bits per heavy atom. The van der Waals surface area contributed by atoms with Gasteiger partial charge < -0.3 is 20.2 Å². The van der Waals surface area contributed by atoms with Crippen LogP contribution < -0.4 is 11.1 Å². The number of carbonyl (C=O) groups excluding carboxylic acids is 1. The molecule has 2 aromatic rings. The van der Waals surface area contributed by atoms with Crippen molar-refractivity contribution in [3.8, 4) is 0 Å². The van der Waals surface area contributed by atoms with E-state index in [1.54, 1.807) is 31.4 Å². The summed E-state index contributed by atoms with van der Waals surface area (Å²) in [6.07, 6.45) is 0.773. The van der Waals surface area contributed by atoms with Crippen molar-refractivity contribution >= 4 is 22.6 Å². The molecule has 5 heteroatoms. The molecule has 0 bridgehead atoms. The summed E-state index contributed by atoms with van der Waals surface area (Å²) in [6, 6.07) is 6.97. The van der Waals surface area contributed by atoms with Crippen LogP contribution >= 0.6 is 0 Å². The molecule has 2 rings (SSSR count). The Morgan fingerprint density at radius 2 is 2.28 bits per heavy atom. The summed E-state index contributed by atoms with van der Waals surface area (Å²) in [5.41, 5.74) is 6.97. The molecule has 0 spiro atoms. The minimum absolute atomic E-state index is 0.221. The number of rotatable bonds is 5. The van der Waals surface area contributed by atoms with E-state index in [0.717, 1.165) is 11.8 Å². The molecular formula is C13H16N2O3. The molecule has 0 aliphatic rings. The molecule has 1 heterocycles. The van der Waals surface area contributed by atoms with Gasteiger partial charge in [-0.2, -0.15) is 0 Å². The van der Waals surface area contributed by atoms with Gasteiger partial charge in [0.2, 0.25) is 0 Å². The van der Waals surface area contributed by atoms with Gasteiger partial charge in [0.25, 0.3) is 5.91 Å². The first kappa shape index (κ1) is 12.4. The van der Waals surface area contributed by atoms with Gasteiger partial charge in [-0.3, -0.25) is 4.79 Å². The number of nitrogen functional groups attached to an aromatic ring is 1. The van der Waals surface area contributed by atoms with Crippen molar-refractivity contribution in [2.45, 2.75) is 6.42 Å². The lowest BCUT2D eigenvalue weighted by Crippen LogP contribution is -2.24. The van der Waals surface area contributed by atoms with Gasteiger partial charge in [-0.05, 0) is 30.7 Å². The zero-order valence-corrected chi connectivity index (χ0v) is 10.2. The summed E-state index contributed by atoms with van der Waals surface area (Å²) < 4.78 is 10.3. The van der Waals surface area contributed by atoms with Crippen LogP contribution in [0.25, 0.3) is 11.0 Å². The number of amides is 1. The number of anilines is 1. The maximum atomic E-state index is 11.8. The highest BCUT2D eigenvalue weighted by molar-refractivity contribution is 5.96. The lowest BCUT2D eigenvalue weighted by Gasteiger charge is -2.01. The second kappa shape index (κ2) is 5.55. The SMILES string of the molecule is COCCCNC(=O)c1cc2cc(N)ccc2o1. The van der Waals surface area contributed by atoms with Crippen molar-refractivity contribution in [3.05, 3.63) is 30.0 Å². The van der Waals surface area contributed by atoms with E-state index in [0.29, 0.717) is 30.2 Å². The number of hydrogen-bond donors (Lipinski definition) is 2. The summed E-state index contributed by atoms with van der Waals surface area (Å²) >= 11 is 0. The Balaban J connectivity index is 2.04. The summed E-state index contributed by atoms with van der Waals surface area (Å²) in [5, 5.41) is 3.60. The molecule has 1 aromatic carbocycles. The highest BCUT2D eigenvalue weighted by Crippen LogP contribution is 2.21. The third-order valence-electron chi connectivity index (χ3n) is 2.57. The summed E-state index contributed by atoms with van der Waals surface area (Å²) in [4.78, 5) is 11.8. The second-order valence-electron chi connectivity index (χ2n) is 4.01. The molecule has 1 amide bonds. The van der Waals surface area contributed by atoms with Gasteiger partial charge in [0.15, 0.2) is 5.76 Å². The Hall–Kier alpha value is -2.01. The highest BCUT2D eigenvalue weighted by atomic mass is 16.5. The number of hydrogen-bond acceptors (Lipinski definition) is 4. The molecule has 0 atom stereocenters. The molecule has 0 fully saturated rings. The monoisotopic (exact) mass is 248 g/mol. The first-order valence-corrected chi connectivity index (χ1v) is 5.77. The van der Waals surface area contributed by atoms with E-state index in [1.165, 1.54) is 0 Å². The Kier molecular flexibility index (Phi) is 3.84. The van der Waals surface area contributed by atoms with Crippen molar-refractivity contribution in [3.63, 3.8) is 0 Å². The van der Waals surface area contributed by atoms with E-state index in [4.69, 9.17) is 14.9 Å². The van der Waals surface area contributed by atoms with Crippen LogP contribution in [-0.2, 0) is 4.74 Å². The normalized spacial score (nSPS) is 10.7. The fourth-order valence-electron chi connectivity index (χ4n) is 1.68. The quantitative estimate of drug-likeness (QED) is 0.624. The zero-order valence-electron chi connectivity index (χ0n) is 10.2. The number of ether oxygens (including phenoxy) is 1. The first-order valence-electron chi connectivity index (χ1n) is 5.77. The number of nitrogens with one attached hydrogen (secondary N) is 1. The predicted octanol–water partition coefficient (Wildman–Crippen LogP) is 1.78. The standard InChI is InChI=1S/C13H16N2O3/c1-17-6-2-5-15-13(16)12-8-9-7-10(14)3-4-11(9)18-12/h3-4,7-8H,2,5-6,14H2,1H3,(H,15,16). The number of methoxy groups -OCH3 is 1. The predicted molar refractivity (Wildman–Crippen MR) is 69.5 cm³/mol. The van der Waals surface area contributed by atoms with Crippen molar-refractivity contribution < 1.29 is 13.9 Å². The van der Waals surface area contributed by atoms with E-state index in [2.05, 4.69) is 5.32 Å². The minimum atomic E-state index is -0.221. The molecular weight excluding hydrogens is 232 g/mol. The molecule has 1 aromatic heterocycles. The van der Waals surface area contributed by atoms with Crippen molar-refractivity contribution in [2.24, 2.45) is 0 Å². The molecule has 3 N–H and O–H groups in total. The molecule has 18 heavy (non-hydrogen) atoms. The van der Waals surface area contributed by atoms with Crippen LogP contribution in [0.4, 0.5) is 5.69 Å². The number of carbonyl (C=O) groups is 1. The Morgan fingerprint density at radius 1 is 1.44 bits per heavy atom. The van der Waals surface area contributed by atoms with Crippen LogP contribution in [-0.4, -0.2) is 26.2 Å². The molecule has 0 aliphatic carbocycles. The number of furan rings is 1. The molecule has 0 radical (unpaired) electrons. The van der Waals surface area contributed by atoms with Crippen LogP contribution in [0.1, 0.15) is 17.0 Å². The molecule has 0 saturated heterocycles. The molecule has 0 saturated carbocycles. The molecule has 0 aliphatic heterocycles. The summed E-state index contributed by atoms with van der Waals surface area (Å²) in [6.45, 7) is 1.18. The molecule has 5 nitrogen and oxygen atoms in total. The van der Waals surface area contributed by atoms with E-state index in [-0.39, 0.29) is 5.91 Å². The van der Waals surface area contributed by atoms with Crippen molar-refractivity contribution in [1.29, 1.82) is 0 Å². The topological polar surface area (TPSA) is 77.5 Å². The first-order chi connectivity index (χ1) is 8.70. The smallest absolute Gasteiger partial charge is 0.287 e. The Labute approximate surface area is 105 Å². The summed E-state index contributed by atoms with van der Waals surface area (Å²) in [7, 11) is 1.63. The second-order valence-corrected chi connectivity index (χ2v) is 4.01. The van der Waals surface area contributed by atoms with Gasteiger partial charge in [-0.25, -0.2) is 0 Å². The number of fused-ring (bicyclic) bond motifs is 1. The number of nitrogens with two attached hydrogens (primary N) is 1. The van der Waals surface area contributed by atoms with Gasteiger partial charge in [-0.15, -0.1) is 0 Å². The van der Waals surface area contributed by atoms with Crippen molar-refractivity contribution in [1.82, 2.24) is 5.32 Å². The maximum absolute atomic E-state index is 11.8. The van der Waals surface area contributed by atoms with E-state index < -0.39 is 0 Å². The fraction of sp³-hybridized carbons (Fsp3) is 0.308. The van der Waals surface area contributed by atoms with Gasteiger partial charge in [-0.1, -0.05) is 0 Å². The van der Waals surface area contributed by atoms with E-state index in [1.807, 2.05) is 0 Å².